The second-order valence-electron chi connectivity index (χ2n) is 12.1. The van der Waals surface area contributed by atoms with E-state index in [0.29, 0.717) is 0 Å². The number of nitrogens with zero attached hydrogens (tertiary/aromatic N) is 2. The Bertz CT molecular complexity index is 2000. The minimum absolute atomic E-state index is 0.752. The van der Waals surface area contributed by atoms with Gasteiger partial charge in [0, 0.05) is 48.3 Å². The van der Waals surface area contributed by atoms with Crippen LogP contribution >= 0.6 is 0 Å². The van der Waals surface area contributed by atoms with Crippen LogP contribution in [0.2, 0.25) is 0 Å². The van der Waals surface area contributed by atoms with Gasteiger partial charge in [0.15, 0.2) is 0 Å². The molecule has 0 fully saturated rings. The summed E-state index contributed by atoms with van der Waals surface area (Å²) in [6, 6.07) is 27.8. The van der Waals surface area contributed by atoms with Crippen molar-refractivity contribution in [3.63, 3.8) is 0 Å². The predicted octanol–water partition coefficient (Wildman–Crippen LogP) is 11.7. The zero-order chi connectivity index (χ0) is 35.3. The van der Waals surface area contributed by atoms with E-state index in [2.05, 4.69) is 177 Å². The van der Waals surface area contributed by atoms with Crippen molar-refractivity contribution >= 4 is 17.5 Å². The molecule has 1 aliphatic carbocycles. The largest absolute Gasteiger partial charge is 0.405 e. The molecule has 1 heterocycles. The van der Waals surface area contributed by atoms with Gasteiger partial charge in [0.1, 0.15) is 0 Å². The van der Waals surface area contributed by atoms with Crippen molar-refractivity contribution in [2.45, 2.75) is 20.3 Å². The van der Waals surface area contributed by atoms with Crippen LogP contribution in [0.1, 0.15) is 25.8 Å². The highest BCUT2D eigenvalue weighted by Crippen LogP contribution is 2.37. The fourth-order valence-corrected chi connectivity index (χ4v) is 6.24. The van der Waals surface area contributed by atoms with Gasteiger partial charge in [-0.25, -0.2) is 0 Å². The van der Waals surface area contributed by atoms with Crippen LogP contribution in [0.4, 0.5) is 11.4 Å². The molecule has 3 heteroatoms. The summed E-state index contributed by atoms with van der Waals surface area (Å²) in [5.74, 6) is 0. The lowest BCUT2D eigenvalue weighted by Crippen LogP contribution is -2.27. The summed E-state index contributed by atoms with van der Waals surface area (Å²) in [4.78, 5) is 4.59. The third-order valence-corrected chi connectivity index (χ3v) is 8.97. The molecule has 250 valence electrons. The molecule has 50 heavy (non-hydrogen) atoms. The number of nitrogens with two attached hydrogens (primary N) is 1. The van der Waals surface area contributed by atoms with Crippen molar-refractivity contribution < 1.29 is 0 Å². The molecular weight excluding hydrogens is 607 g/mol. The fraction of sp³-hybridized carbons (Fsp3) is 0.106. The van der Waals surface area contributed by atoms with E-state index in [9.17, 15) is 0 Å². The number of anilines is 2. The molecule has 0 unspecified atom stereocenters. The van der Waals surface area contributed by atoms with Crippen LogP contribution in [-0.4, -0.2) is 18.5 Å². The molecule has 0 amide bonds. The smallest absolute Gasteiger partial charge is 0.0487 e. The van der Waals surface area contributed by atoms with E-state index in [1.807, 2.05) is 30.4 Å². The number of rotatable bonds is 12. The first kappa shape index (κ1) is 35.3. The lowest BCUT2D eigenvalue weighted by Gasteiger charge is -2.34. The summed E-state index contributed by atoms with van der Waals surface area (Å²) in [6.45, 7) is 13.0. The van der Waals surface area contributed by atoms with E-state index in [1.165, 1.54) is 39.2 Å². The van der Waals surface area contributed by atoms with Gasteiger partial charge >= 0.3 is 0 Å². The van der Waals surface area contributed by atoms with Crippen molar-refractivity contribution in [3.8, 4) is 11.1 Å². The summed E-state index contributed by atoms with van der Waals surface area (Å²) in [6.07, 6.45) is 31.8. The van der Waals surface area contributed by atoms with E-state index in [0.717, 1.165) is 41.1 Å². The molecule has 0 saturated heterocycles. The van der Waals surface area contributed by atoms with Crippen molar-refractivity contribution in [1.82, 2.24) is 4.90 Å². The Hall–Kier alpha value is -6.06. The molecule has 3 aromatic rings. The van der Waals surface area contributed by atoms with Gasteiger partial charge in [-0.15, -0.1) is 0 Å². The van der Waals surface area contributed by atoms with Crippen LogP contribution in [0, 0.1) is 0 Å². The maximum atomic E-state index is 5.58. The van der Waals surface area contributed by atoms with Crippen LogP contribution < -0.4 is 10.6 Å². The molecule has 3 nitrogen and oxygen atoms in total. The van der Waals surface area contributed by atoms with Gasteiger partial charge in [0.25, 0.3) is 0 Å². The quantitative estimate of drug-likeness (QED) is 0.197. The third-order valence-electron chi connectivity index (χ3n) is 8.97. The summed E-state index contributed by atoms with van der Waals surface area (Å²) >= 11 is 0. The second kappa shape index (κ2) is 17.4. The first-order chi connectivity index (χ1) is 24.5. The van der Waals surface area contributed by atoms with Crippen molar-refractivity contribution in [2.75, 3.05) is 18.5 Å². The fourth-order valence-electron chi connectivity index (χ4n) is 6.24. The van der Waals surface area contributed by atoms with E-state index in [1.54, 1.807) is 6.20 Å². The van der Waals surface area contributed by atoms with Crippen LogP contribution in [0.15, 0.2) is 216 Å². The molecule has 0 atom stereocenters. The highest BCUT2D eigenvalue weighted by atomic mass is 15.1. The monoisotopic (exact) mass is 653 g/mol. The third kappa shape index (κ3) is 8.50. The van der Waals surface area contributed by atoms with Gasteiger partial charge in [0.05, 0.1) is 0 Å². The van der Waals surface area contributed by atoms with Gasteiger partial charge in [0.2, 0.25) is 0 Å². The molecule has 0 saturated carbocycles. The number of para-hydroxylation sites is 1. The molecule has 1 aliphatic heterocycles. The minimum atomic E-state index is 0.752. The van der Waals surface area contributed by atoms with Gasteiger partial charge in [-0.1, -0.05) is 135 Å². The van der Waals surface area contributed by atoms with Crippen molar-refractivity contribution in [1.29, 1.82) is 0 Å². The Balaban J connectivity index is 1.34. The van der Waals surface area contributed by atoms with Gasteiger partial charge in [-0.2, -0.15) is 0 Å². The predicted molar refractivity (Wildman–Crippen MR) is 218 cm³/mol. The normalized spacial score (nSPS) is 16.5. The van der Waals surface area contributed by atoms with Crippen LogP contribution in [0.5, 0.6) is 0 Å². The Morgan fingerprint density at radius 1 is 0.880 bits per heavy atom. The Morgan fingerprint density at radius 2 is 1.64 bits per heavy atom. The van der Waals surface area contributed by atoms with Crippen molar-refractivity contribution in [2.24, 2.45) is 5.73 Å². The number of benzene rings is 3. The molecular formula is C47H47N3. The van der Waals surface area contributed by atoms with E-state index in [4.69, 9.17) is 5.73 Å². The summed E-state index contributed by atoms with van der Waals surface area (Å²) < 4.78 is 0. The van der Waals surface area contributed by atoms with E-state index < -0.39 is 0 Å². The highest BCUT2D eigenvalue weighted by molar-refractivity contribution is 5.82. The standard InChI is InChI=1S/C47H47N3/c1-6-9-20-41-31-33-50(42(8-3)35-39(7-2)36(4)17-16-32-48)47-30-27-38(34-45(41)47)19-15-18-37-25-28-43(29-26-37)49(5)46-24-14-13-23-44(46)40-21-11-10-12-22-40/h6-32,35H,1,3,33-34,48H2,2,4-5H3/b18-15+,20-9-,32-16-,36-17+,38-19-,39-7+,42-35+. The molecule has 0 spiro atoms. The SMILES string of the molecule is C=C/C=C\C1=CCN(/C(C=C)=C/C(=C\C)C(/C)=C/C=C\N)C2=C1C/C(=C\C=C\c1ccc(N(C)c3ccccc3-c3ccccc3)cc1)C=C2. The molecule has 0 bridgehead atoms. The van der Waals surface area contributed by atoms with Crippen LogP contribution in [0.3, 0.4) is 0 Å². The lowest BCUT2D eigenvalue weighted by atomic mass is 9.88. The molecule has 2 N–H and O–H groups in total. The molecule has 3 aromatic carbocycles. The first-order valence-electron chi connectivity index (χ1n) is 17.1. The highest BCUT2D eigenvalue weighted by Gasteiger charge is 2.24. The van der Waals surface area contributed by atoms with E-state index >= 15 is 0 Å². The van der Waals surface area contributed by atoms with Gasteiger partial charge in [-0.05, 0) is 102 Å². The zero-order valence-corrected chi connectivity index (χ0v) is 29.5. The number of allylic oxidation sites excluding steroid dienone is 17. The summed E-state index contributed by atoms with van der Waals surface area (Å²) in [7, 11) is 2.13. The lowest BCUT2D eigenvalue weighted by molar-refractivity contribution is 0.486. The van der Waals surface area contributed by atoms with Gasteiger partial charge < -0.3 is 15.5 Å². The average molecular weight is 654 g/mol. The molecule has 0 radical (unpaired) electrons. The maximum absolute atomic E-state index is 5.58. The molecule has 5 rings (SSSR count). The first-order valence-corrected chi connectivity index (χ1v) is 17.1. The van der Waals surface area contributed by atoms with Crippen LogP contribution in [0.25, 0.3) is 17.2 Å². The Kier molecular flexibility index (Phi) is 12.2. The maximum Gasteiger partial charge on any atom is 0.0487 e. The van der Waals surface area contributed by atoms with Gasteiger partial charge in [-0.3, -0.25) is 0 Å². The summed E-state index contributed by atoms with van der Waals surface area (Å²) in [5, 5.41) is 0. The number of hydrogen-bond acceptors (Lipinski definition) is 3. The summed E-state index contributed by atoms with van der Waals surface area (Å²) in [5.41, 5.74) is 19.7. The zero-order valence-electron chi connectivity index (χ0n) is 29.5. The Morgan fingerprint density at radius 3 is 2.36 bits per heavy atom. The molecule has 2 aliphatic rings. The average Bonchev–Trinajstić information content (AvgIpc) is 3.17. The minimum Gasteiger partial charge on any atom is -0.405 e. The topological polar surface area (TPSA) is 32.5 Å². The van der Waals surface area contributed by atoms with Crippen molar-refractivity contribution in [3.05, 3.63) is 222 Å². The Labute approximate surface area is 299 Å². The molecule has 0 aromatic heterocycles. The number of hydrogen-bond donors (Lipinski definition) is 1. The second-order valence-corrected chi connectivity index (χ2v) is 12.1. The van der Waals surface area contributed by atoms with E-state index in [-0.39, 0.29) is 0 Å². The van der Waals surface area contributed by atoms with Crippen LogP contribution in [-0.2, 0) is 0 Å².